The van der Waals surface area contributed by atoms with Gasteiger partial charge in [0.15, 0.2) is 5.96 Å². The summed E-state index contributed by atoms with van der Waals surface area (Å²) in [6.45, 7) is 10.4. The van der Waals surface area contributed by atoms with Gasteiger partial charge in [-0.2, -0.15) is 0 Å². The number of hydrogen-bond acceptors (Lipinski definition) is 4. The zero-order chi connectivity index (χ0) is 19.8. The minimum Gasteiger partial charge on any atom is -0.490 e. The largest absolute Gasteiger partial charge is 0.490 e. The van der Waals surface area contributed by atoms with Crippen LogP contribution in [0.1, 0.15) is 33.1 Å². The average Bonchev–Trinajstić information content (AvgIpc) is 2.69. The first kappa shape index (κ1) is 24.2. The van der Waals surface area contributed by atoms with Crippen molar-refractivity contribution in [2.24, 2.45) is 4.99 Å². The first-order chi connectivity index (χ1) is 13.6. The van der Waals surface area contributed by atoms with Crippen LogP contribution in [0.15, 0.2) is 35.3 Å². The van der Waals surface area contributed by atoms with Crippen molar-refractivity contribution in [1.82, 2.24) is 15.1 Å². The summed E-state index contributed by atoms with van der Waals surface area (Å²) in [4.78, 5) is 9.35. The second-order valence-corrected chi connectivity index (χ2v) is 7.96. The highest BCUT2D eigenvalue weighted by atomic mass is 127. The number of halogens is 1. The van der Waals surface area contributed by atoms with E-state index < -0.39 is 0 Å². The molecule has 3 rings (SSSR count). The molecule has 0 saturated carbocycles. The lowest BCUT2D eigenvalue weighted by Crippen LogP contribution is -2.48. The van der Waals surface area contributed by atoms with Gasteiger partial charge in [0.1, 0.15) is 11.9 Å². The van der Waals surface area contributed by atoms with E-state index in [0.29, 0.717) is 18.3 Å². The van der Waals surface area contributed by atoms with Gasteiger partial charge in [-0.1, -0.05) is 18.2 Å². The standard InChI is InChI=1S/C22H36N4O2.HI/c1-18-16-25(17-19(2)27-18)13-7-12-24-22(23-3)26-14-10-21(11-15-26)28-20-8-5-4-6-9-20;/h4-6,8-9,18-19,21H,7,10-17H2,1-3H3,(H,23,24);1H. The zero-order valence-corrected chi connectivity index (χ0v) is 20.4. The third-order valence-electron chi connectivity index (χ3n) is 5.43. The van der Waals surface area contributed by atoms with Crippen LogP contribution < -0.4 is 10.1 Å². The summed E-state index contributed by atoms with van der Waals surface area (Å²) in [5.41, 5.74) is 0. The Balaban J connectivity index is 0.00000300. The van der Waals surface area contributed by atoms with Crippen molar-refractivity contribution < 1.29 is 9.47 Å². The quantitative estimate of drug-likeness (QED) is 0.273. The normalized spacial score (nSPS) is 24.1. The number of guanidine groups is 1. The number of likely N-dealkylation sites (tertiary alicyclic amines) is 1. The SMILES string of the molecule is CN=C(NCCCN1CC(C)OC(C)C1)N1CCC(Oc2ccccc2)CC1.I. The molecule has 1 aromatic carbocycles. The Morgan fingerprint density at radius 3 is 2.41 bits per heavy atom. The van der Waals surface area contributed by atoms with Crippen molar-refractivity contribution in [1.29, 1.82) is 0 Å². The monoisotopic (exact) mass is 516 g/mol. The van der Waals surface area contributed by atoms with Gasteiger partial charge < -0.3 is 19.7 Å². The lowest BCUT2D eigenvalue weighted by atomic mass is 10.1. The summed E-state index contributed by atoms with van der Waals surface area (Å²) in [7, 11) is 1.88. The number of morpholine rings is 1. The molecule has 6 nitrogen and oxygen atoms in total. The number of ether oxygens (including phenoxy) is 2. The van der Waals surface area contributed by atoms with Crippen LogP contribution in [0, 0.1) is 0 Å². The summed E-state index contributed by atoms with van der Waals surface area (Å²) in [6.07, 6.45) is 4.14. The van der Waals surface area contributed by atoms with Crippen LogP contribution in [0.5, 0.6) is 5.75 Å². The molecule has 2 fully saturated rings. The summed E-state index contributed by atoms with van der Waals surface area (Å²) >= 11 is 0. The van der Waals surface area contributed by atoms with E-state index in [-0.39, 0.29) is 24.0 Å². The molecular weight excluding hydrogens is 479 g/mol. The van der Waals surface area contributed by atoms with Crippen LogP contribution in [0.25, 0.3) is 0 Å². The molecule has 0 bridgehead atoms. The molecule has 0 aromatic heterocycles. The van der Waals surface area contributed by atoms with Gasteiger partial charge in [0.05, 0.1) is 12.2 Å². The van der Waals surface area contributed by atoms with Crippen molar-refractivity contribution in [2.75, 3.05) is 46.3 Å². The van der Waals surface area contributed by atoms with Gasteiger partial charge >= 0.3 is 0 Å². The van der Waals surface area contributed by atoms with Gasteiger partial charge in [0.2, 0.25) is 0 Å². The lowest BCUT2D eigenvalue weighted by molar-refractivity contribution is -0.0679. The molecule has 164 valence electrons. The summed E-state index contributed by atoms with van der Waals surface area (Å²) in [5.74, 6) is 1.98. The molecule has 1 N–H and O–H groups in total. The van der Waals surface area contributed by atoms with E-state index in [1.165, 1.54) is 0 Å². The molecule has 2 unspecified atom stereocenters. The van der Waals surface area contributed by atoms with Crippen molar-refractivity contribution in [3.05, 3.63) is 30.3 Å². The predicted octanol–water partition coefficient (Wildman–Crippen LogP) is 3.22. The highest BCUT2D eigenvalue weighted by Crippen LogP contribution is 2.18. The second kappa shape index (κ2) is 12.6. The second-order valence-electron chi connectivity index (χ2n) is 7.96. The molecule has 2 aliphatic rings. The topological polar surface area (TPSA) is 49.3 Å². The van der Waals surface area contributed by atoms with Gasteiger partial charge in [-0.05, 0) is 32.4 Å². The third kappa shape index (κ3) is 7.94. The van der Waals surface area contributed by atoms with Gasteiger partial charge in [0, 0.05) is 59.2 Å². The predicted molar refractivity (Wildman–Crippen MR) is 130 cm³/mol. The third-order valence-corrected chi connectivity index (χ3v) is 5.43. The number of para-hydroxylation sites is 1. The van der Waals surface area contributed by atoms with Crippen molar-refractivity contribution in [3.8, 4) is 5.75 Å². The fourth-order valence-electron chi connectivity index (χ4n) is 4.18. The maximum Gasteiger partial charge on any atom is 0.193 e. The highest BCUT2D eigenvalue weighted by Gasteiger charge is 2.23. The van der Waals surface area contributed by atoms with Crippen LogP contribution in [0.3, 0.4) is 0 Å². The molecule has 7 heteroatoms. The van der Waals surface area contributed by atoms with Gasteiger partial charge in [0.25, 0.3) is 0 Å². The molecule has 0 spiro atoms. The van der Waals surface area contributed by atoms with Crippen molar-refractivity contribution in [3.63, 3.8) is 0 Å². The molecule has 2 saturated heterocycles. The number of aliphatic imine (C=N–C) groups is 1. The minimum absolute atomic E-state index is 0. The Morgan fingerprint density at radius 2 is 1.79 bits per heavy atom. The molecular formula is C22H37IN4O2. The van der Waals surface area contributed by atoms with Crippen molar-refractivity contribution in [2.45, 2.75) is 51.4 Å². The molecule has 1 aromatic rings. The average molecular weight is 516 g/mol. The van der Waals surface area contributed by atoms with Crippen LogP contribution >= 0.6 is 24.0 Å². The number of piperidine rings is 1. The molecule has 2 aliphatic heterocycles. The first-order valence-corrected chi connectivity index (χ1v) is 10.7. The molecule has 0 radical (unpaired) electrons. The van der Waals surface area contributed by atoms with Crippen molar-refractivity contribution >= 4 is 29.9 Å². The van der Waals surface area contributed by atoms with E-state index in [1.54, 1.807) is 0 Å². The van der Waals surface area contributed by atoms with Gasteiger partial charge in [-0.15, -0.1) is 24.0 Å². The van der Waals surface area contributed by atoms with Crippen LogP contribution in [0.4, 0.5) is 0 Å². The minimum atomic E-state index is 0. The van der Waals surface area contributed by atoms with Crippen LogP contribution in [-0.4, -0.2) is 80.4 Å². The van der Waals surface area contributed by atoms with Gasteiger partial charge in [-0.25, -0.2) is 0 Å². The number of benzene rings is 1. The number of hydrogen-bond donors (Lipinski definition) is 1. The smallest absolute Gasteiger partial charge is 0.193 e. The lowest BCUT2D eigenvalue weighted by Gasteiger charge is -2.36. The zero-order valence-electron chi connectivity index (χ0n) is 18.0. The van der Waals surface area contributed by atoms with Gasteiger partial charge in [-0.3, -0.25) is 9.89 Å². The number of nitrogens with zero attached hydrogens (tertiary/aromatic N) is 3. The molecule has 29 heavy (non-hydrogen) atoms. The van der Waals surface area contributed by atoms with E-state index >= 15 is 0 Å². The highest BCUT2D eigenvalue weighted by molar-refractivity contribution is 14.0. The summed E-state index contributed by atoms with van der Waals surface area (Å²) < 4.78 is 11.9. The van der Waals surface area contributed by atoms with E-state index in [2.05, 4.69) is 34.0 Å². The Kier molecular flexibility index (Phi) is 10.5. The summed E-state index contributed by atoms with van der Waals surface area (Å²) in [5, 5.41) is 3.54. The van der Waals surface area contributed by atoms with E-state index in [1.807, 2.05) is 37.4 Å². The molecule has 2 heterocycles. The Labute approximate surface area is 193 Å². The van der Waals surface area contributed by atoms with Crippen LogP contribution in [0.2, 0.25) is 0 Å². The Hall–Kier alpha value is -1.06. The molecule has 0 amide bonds. The Bertz CT molecular complexity index is 598. The maximum atomic E-state index is 6.10. The van der Waals surface area contributed by atoms with E-state index in [4.69, 9.17) is 9.47 Å². The fourth-order valence-corrected chi connectivity index (χ4v) is 4.18. The maximum absolute atomic E-state index is 6.10. The number of nitrogens with one attached hydrogen (secondary N) is 1. The fraction of sp³-hybridized carbons (Fsp3) is 0.682. The molecule has 2 atom stereocenters. The Morgan fingerprint density at radius 1 is 1.14 bits per heavy atom. The number of rotatable bonds is 6. The van der Waals surface area contributed by atoms with E-state index in [9.17, 15) is 0 Å². The summed E-state index contributed by atoms with van der Waals surface area (Å²) in [6, 6.07) is 10.1. The first-order valence-electron chi connectivity index (χ1n) is 10.7. The van der Waals surface area contributed by atoms with E-state index in [0.717, 1.165) is 70.2 Å². The molecule has 0 aliphatic carbocycles. The van der Waals surface area contributed by atoms with Crippen LogP contribution in [-0.2, 0) is 4.74 Å².